The van der Waals surface area contributed by atoms with Crippen molar-refractivity contribution in [2.24, 2.45) is 10.7 Å². The van der Waals surface area contributed by atoms with E-state index >= 15 is 0 Å². The van der Waals surface area contributed by atoms with E-state index < -0.39 is 13.7 Å². The number of aliphatic hydroxyl groups excluding tert-OH is 1. The Morgan fingerprint density at radius 1 is 1.30 bits per heavy atom. The van der Waals surface area contributed by atoms with Gasteiger partial charge < -0.3 is 20.0 Å². The normalized spacial score (nSPS) is 21.3. The second-order valence-corrected chi connectivity index (χ2v) is 6.84. The molecule has 1 aliphatic carbocycles. The lowest BCUT2D eigenvalue weighted by Gasteiger charge is -2.21. The highest BCUT2D eigenvalue weighted by Crippen LogP contribution is 2.39. The molecule has 2 unspecified atom stereocenters. The Morgan fingerprint density at radius 3 is 2.70 bits per heavy atom. The van der Waals surface area contributed by atoms with Crippen molar-refractivity contribution in [1.29, 1.82) is 0 Å². The zero-order chi connectivity index (χ0) is 17.0. The molecule has 2 rings (SSSR count). The van der Waals surface area contributed by atoms with E-state index in [-0.39, 0.29) is 23.1 Å². The van der Waals surface area contributed by atoms with Crippen LogP contribution in [0.25, 0.3) is 0 Å². The molecule has 0 aromatic heterocycles. The largest absolute Gasteiger partial charge is 0.512 e. The Labute approximate surface area is 134 Å². The summed E-state index contributed by atoms with van der Waals surface area (Å²) in [5.74, 6) is -0.172. The van der Waals surface area contributed by atoms with Crippen LogP contribution in [0.15, 0.2) is 53.0 Å². The summed E-state index contributed by atoms with van der Waals surface area (Å²) in [5, 5.41) is 19.5. The maximum absolute atomic E-state index is 11.1. The second kappa shape index (κ2) is 7.13. The summed E-state index contributed by atoms with van der Waals surface area (Å²) >= 11 is 0. The minimum atomic E-state index is -4.54. The molecule has 1 aromatic carbocycles. The van der Waals surface area contributed by atoms with E-state index in [0.29, 0.717) is 12.8 Å². The van der Waals surface area contributed by atoms with Gasteiger partial charge in [-0.1, -0.05) is 25.1 Å². The lowest BCUT2D eigenvalue weighted by atomic mass is 9.86. The van der Waals surface area contributed by atoms with Crippen molar-refractivity contribution >= 4 is 13.5 Å². The van der Waals surface area contributed by atoms with E-state index in [2.05, 4.69) is 4.76 Å². The highest BCUT2D eigenvalue weighted by Gasteiger charge is 2.25. The molecule has 0 heterocycles. The van der Waals surface area contributed by atoms with Crippen molar-refractivity contribution in [2.75, 3.05) is 0 Å². The van der Waals surface area contributed by atoms with Gasteiger partial charge in [0, 0.05) is 0 Å². The van der Waals surface area contributed by atoms with E-state index in [4.69, 9.17) is 9.79 Å². The van der Waals surface area contributed by atoms with E-state index in [1.165, 1.54) is 18.2 Å². The van der Waals surface area contributed by atoms with Gasteiger partial charge in [-0.05, 0) is 48.6 Å². The van der Waals surface area contributed by atoms with Gasteiger partial charge in [0.1, 0.15) is 11.5 Å². The van der Waals surface area contributed by atoms with Crippen molar-refractivity contribution in [3.63, 3.8) is 0 Å². The van der Waals surface area contributed by atoms with Crippen LogP contribution in [-0.2, 0) is 4.57 Å². The predicted molar refractivity (Wildman–Crippen MR) is 88.6 cm³/mol. The third-order valence-corrected chi connectivity index (χ3v) is 4.31. The molecule has 6 nitrogen and oxygen atoms in total. The van der Waals surface area contributed by atoms with Crippen molar-refractivity contribution in [3.05, 3.63) is 53.8 Å². The fourth-order valence-electron chi connectivity index (χ4n) is 2.59. The number of phenols is 1. The predicted octanol–water partition coefficient (Wildman–Crippen LogP) is 3.44. The first-order valence-corrected chi connectivity index (χ1v) is 8.84. The van der Waals surface area contributed by atoms with Crippen LogP contribution < -0.4 is 0 Å². The van der Waals surface area contributed by atoms with Crippen LogP contribution >= 0.6 is 7.75 Å². The molecule has 0 saturated carbocycles. The molecule has 23 heavy (non-hydrogen) atoms. The molecule has 1 aliphatic rings. The van der Waals surface area contributed by atoms with Crippen LogP contribution in [0.2, 0.25) is 0 Å². The van der Waals surface area contributed by atoms with Crippen LogP contribution in [0.3, 0.4) is 0 Å². The first kappa shape index (κ1) is 17.5. The first-order chi connectivity index (χ1) is 10.8. The number of aliphatic hydroxyl groups is 1. The van der Waals surface area contributed by atoms with Gasteiger partial charge in [-0.3, -0.25) is 0 Å². The zero-order valence-corrected chi connectivity index (χ0v) is 13.6. The number of benzene rings is 1. The number of allylic oxidation sites excluding steroid dienone is 4. The van der Waals surface area contributed by atoms with Crippen LogP contribution in [0.5, 0.6) is 5.75 Å². The quantitative estimate of drug-likeness (QED) is 0.615. The average Bonchev–Trinajstić information content (AvgIpc) is 2.44. The highest BCUT2D eigenvalue weighted by atomic mass is 31.2. The molecule has 7 heteroatoms. The molecule has 0 radical (unpaired) electrons. The maximum atomic E-state index is 11.1. The molecule has 0 amide bonds. The Balaban J connectivity index is 2.10. The van der Waals surface area contributed by atoms with Gasteiger partial charge in [-0.15, -0.1) is 0 Å². The lowest BCUT2D eigenvalue weighted by Crippen LogP contribution is -2.18. The minimum absolute atomic E-state index is 0.0443. The van der Waals surface area contributed by atoms with Crippen LogP contribution in [0.4, 0.5) is 0 Å². The van der Waals surface area contributed by atoms with E-state index in [1.807, 2.05) is 13.0 Å². The van der Waals surface area contributed by atoms with Gasteiger partial charge in [-0.25, -0.2) is 4.57 Å². The molecule has 0 bridgehead atoms. The Kier molecular flexibility index (Phi) is 5.42. The third kappa shape index (κ3) is 5.06. The van der Waals surface area contributed by atoms with Crippen LogP contribution in [0.1, 0.15) is 31.2 Å². The minimum Gasteiger partial charge on any atom is -0.512 e. The topological polar surface area (TPSA) is 110 Å². The highest BCUT2D eigenvalue weighted by molar-refractivity contribution is 7.50. The summed E-state index contributed by atoms with van der Waals surface area (Å²) in [4.78, 5) is 18.0. The van der Waals surface area contributed by atoms with Gasteiger partial charge in [0.15, 0.2) is 0 Å². The van der Waals surface area contributed by atoms with Gasteiger partial charge in [0.25, 0.3) is 0 Å². The Hall–Kier alpha value is -1.88. The number of hydrogen-bond acceptors (Lipinski definition) is 3. The SMILES string of the molecule is CC(CCC1C(O)=CC=C/C1=N\P(=O)(O)O)c1cccc(O)c1. The fraction of sp³-hybridized carbons (Fsp3) is 0.312. The van der Waals surface area contributed by atoms with Crippen LogP contribution in [-0.4, -0.2) is 25.7 Å². The molecule has 124 valence electrons. The molecule has 1 aromatic rings. The Morgan fingerprint density at radius 2 is 2.04 bits per heavy atom. The van der Waals surface area contributed by atoms with Crippen molar-refractivity contribution in [3.8, 4) is 5.75 Å². The third-order valence-electron chi connectivity index (χ3n) is 3.82. The van der Waals surface area contributed by atoms with Gasteiger partial charge >= 0.3 is 7.75 Å². The molecule has 0 saturated heterocycles. The number of nitrogens with zero attached hydrogens (tertiary/aromatic N) is 1. The standard InChI is InChI=1S/C16H20NO5P/c1-11(12-4-2-5-13(18)10-12)8-9-14-15(17-23(20,21)22)6-3-7-16(14)19/h2-7,10-11,14,18-19H,8-9H2,1H3,(H2,20,21,22)/b17-15+. The summed E-state index contributed by atoms with van der Waals surface area (Å²) in [5.41, 5.74) is 1.15. The Bertz CT molecular complexity index is 704. The smallest absolute Gasteiger partial charge is 0.448 e. The van der Waals surface area contributed by atoms with E-state index in [9.17, 15) is 14.8 Å². The van der Waals surface area contributed by atoms with Crippen molar-refractivity contribution in [1.82, 2.24) is 0 Å². The summed E-state index contributed by atoms with van der Waals surface area (Å²) in [6.07, 6.45) is 5.67. The van der Waals surface area contributed by atoms with E-state index in [1.54, 1.807) is 18.2 Å². The monoisotopic (exact) mass is 337 g/mol. The average molecular weight is 337 g/mol. The summed E-state index contributed by atoms with van der Waals surface area (Å²) in [6, 6.07) is 6.96. The summed E-state index contributed by atoms with van der Waals surface area (Å²) < 4.78 is 14.5. The molecule has 4 N–H and O–H groups in total. The molecule has 0 spiro atoms. The van der Waals surface area contributed by atoms with Crippen LogP contribution in [0, 0.1) is 5.92 Å². The zero-order valence-electron chi connectivity index (χ0n) is 12.7. The molecular formula is C16H20NO5P. The first-order valence-electron chi connectivity index (χ1n) is 7.28. The maximum Gasteiger partial charge on any atom is 0.448 e. The fourth-order valence-corrected chi connectivity index (χ4v) is 3.10. The number of hydrogen-bond donors (Lipinski definition) is 4. The van der Waals surface area contributed by atoms with E-state index in [0.717, 1.165) is 5.56 Å². The number of aromatic hydroxyl groups is 1. The summed E-state index contributed by atoms with van der Waals surface area (Å²) in [7, 11) is -4.54. The molecule has 0 aliphatic heterocycles. The van der Waals surface area contributed by atoms with Gasteiger partial charge in [0.2, 0.25) is 0 Å². The lowest BCUT2D eigenvalue weighted by molar-refractivity contribution is 0.349. The van der Waals surface area contributed by atoms with Gasteiger partial charge in [-0.2, -0.15) is 4.76 Å². The van der Waals surface area contributed by atoms with Crippen molar-refractivity contribution < 1.29 is 24.6 Å². The molecule has 2 atom stereocenters. The number of rotatable bonds is 5. The van der Waals surface area contributed by atoms with Gasteiger partial charge in [0.05, 0.1) is 11.6 Å². The molecular weight excluding hydrogens is 317 g/mol. The molecule has 0 fully saturated rings. The second-order valence-electron chi connectivity index (χ2n) is 5.61. The summed E-state index contributed by atoms with van der Waals surface area (Å²) in [6.45, 7) is 1.99. The number of phenolic OH excluding ortho intramolecular Hbond substituents is 1. The van der Waals surface area contributed by atoms with Crippen molar-refractivity contribution in [2.45, 2.75) is 25.7 Å².